The summed E-state index contributed by atoms with van der Waals surface area (Å²) in [6.45, 7) is 5.69. The van der Waals surface area contributed by atoms with Crippen LogP contribution in [0.15, 0.2) is 0 Å². The van der Waals surface area contributed by atoms with Gasteiger partial charge in [0.15, 0.2) is 0 Å². The molecule has 0 aromatic heterocycles. The fourth-order valence-corrected chi connectivity index (χ4v) is 3.24. The highest BCUT2D eigenvalue weighted by Crippen LogP contribution is 2.29. The number of ether oxygens (including phenoxy) is 1. The number of rotatable bonds is 7. The van der Waals surface area contributed by atoms with Crippen molar-refractivity contribution in [2.24, 2.45) is 5.73 Å². The lowest BCUT2D eigenvalue weighted by Gasteiger charge is -2.38. The van der Waals surface area contributed by atoms with E-state index in [9.17, 15) is 4.79 Å². The summed E-state index contributed by atoms with van der Waals surface area (Å²) in [7, 11) is 0. The lowest BCUT2D eigenvalue weighted by atomic mass is 10.1. The van der Waals surface area contributed by atoms with E-state index in [2.05, 4.69) is 17.1 Å². The fraction of sp³-hybridized carbons (Fsp3) is 0.929. The van der Waals surface area contributed by atoms with Gasteiger partial charge in [-0.05, 0) is 38.6 Å². The summed E-state index contributed by atoms with van der Waals surface area (Å²) in [5, 5.41) is 3.24. The average molecular weight is 269 g/mol. The molecular formula is C14H27N3O2. The van der Waals surface area contributed by atoms with Crippen LogP contribution in [0.5, 0.6) is 0 Å². The molecule has 5 heteroatoms. The van der Waals surface area contributed by atoms with Crippen molar-refractivity contribution in [1.29, 1.82) is 0 Å². The van der Waals surface area contributed by atoms with Crippen molar-refractivity contribution in [1.82, 2.24) is 10.2 Å². The molecule has 110 valence electrons. The van der Waals surface area contributed by atoms with Crippen LogP contribution in [-0.4, -0.2) is 55.2 Å². The molecule has 1 aliphatic carbocycles. The van der Waals surface area contributed by atoms with E-state index in [1.807, 2.05) is 0 Å². The largest absolute Gasteiger partial charge is 0.375 e. The van der Waals surface area contributed by atoms with E-state index in [1.165, 1.54) is 19.3 Å². The zero-order valence-electron chi connectivity index (χ0n) is 11.9. The van der Waals surface area contributed by atoms with Crippen LogP contribution in [0.25, 0.3) is 0 Å². The highest BCUT2D eigenvalue weighted by atomic mass is 16.5. The predicted molar refractivity (Wildman–Crippen MR) is 74.8 cm³/mol. The Kier molecular flexibility index (Phi) is 5.60. The fourth-order valence-electron chi connectivity index (χ4n) is 3.24. The van der Waals surface area contributed by atoms with Gasteiger partial charge in [-0.1, -0.05) is 6.92 Å². The predicted octanol–water partition coefficient (Wildman–Crippen LogP) is 0.483. The standard InChI is InChI=1S/C14H27N3O2/c1-2-7-16-11(14(15)18)6-8-17-9-10-19-13-5-3-4-12(13)17/h11-13,16H,2-10H2,1H3,(H2,15,18). The van der Waals surface area contributed by atoms with Gasteiger partial charge in [0, 0.05) is 19.1 Å². The minimum absolute atomic E-state index is 0.192. The van der Waals surface area contributed by atoms with E-state index in [1.54, 1.807) is 0 Å². The maximum absolute atomic E-state index is 11.4. The Hall–Kier alpha value is -0.650. The molecule has 2 rings (SSSR count). The molecule has 1 heterocycles. The number of fused-ring (bicyclic) bond motifs is 1. The van der Waals surface area contributed by atoms with Gasteiger partial charge < -0.3 is 15.8 Å². The molecule has 1 aliphatic heterocycles. The zero-order valence-corrected chi connectivity index (χ0v) is 11.9. The van der Waals surface area contributed by atoms with E-state index in [4.69, 9.17) is 10.5 Å². The molecular weight excluding hydrogens is 242 g/mol. The molecule has 1 saturated carbocycles. The highest BCUT2D eigenvalue weighted by molar-refractivity contribution is 5.79. The molecule has 0 aromatic carbocycles. The smallest absolute Gasteiger partial charge is 0.234 e. The van der Waals surface area contributed by atoms with Gasteiger partial charge in [-0.2, -0.15) is 0 Å². The van der Waals surface area contributed by atoms with E-state index in [0.29, 0.717) is 12.1 Å². The lowest BCUT2D eigenvalue weighted by Crippen LogP contribution is -2.51. The maximum Gasteiger partial charge on any atom is 0.234 e. The maximum atomic E-state index is 11.4. The van der Waals surface area contributed by atoms with Crippen LogP contribution in [0.4, 0.5) is 0 Å². The van der Waals surface area contributed by atoms with Crippen molar-refractivity contribution in [3.8, 4) is 0 Å². The molecule has 3 N–H and O–H groups in total. The Bertz CT molecular complexity index is 298. The molecule has 5 nitrogen and oxygen atoms in total. The summed E-state index contributed by atoms with van der Waals surface area (Å²) in [5.74, 6) is -0.232. The molecule has 3 atom stereocenters. The second kappa shape index (κ2) is 7.22. The van der Waals surface area contributed by atoms with Gasteiger partial charge in [0.2, 0.25) is 5.91 Å². The first-order chi connectivity index (χ1) is 9.22. The molecule has 0 bridgehead atoms. The third-order valence-corrected chi connectivity index (χ3v) is 4.29. The van der Waals surface area contributed by atoms with Gasteiger partial charge in [0.05, 0.1) is 18.8 Å². The van der Waals surface area contributed by atoms with Crippen molar-refractivity contribution in [3.63, 3.8) is 0 Å². The molecule has 2 aliphatic rings. The van der Waals surface area contributed by atoms with Crippen LogP contribution >= 0.6 is 0 Å². The summed E-state index contributed by atoms with van der Waals surface area (Å²) in [6.07, 6.45) is 5.93. The van der Waals surface area contributed by atoms with Gasteiger partial charge in [-0.15, -0.1) is 0 Å². The van der Waals surface area contributed by atoms with Gasteiger partial charge in [0.1, 0.15) is 0 Å². The number of nitrogens with zero attached hydrogens (tertiary/aromatic N) is 1. The van der Waals surface area contributed by atoms with E-state index >= 15 is 0 Å². The van der Waals surface area contributed by atoms with Crippen LogP contribution in [0.2, 0.25) is 0 Å². The number of amides is 1. The van der Waals surface area contributed by atoms with E-state index in [-0.39, 0.29) is 11.9 Å². The Balaban J connectivity index is 1.80. The van der Waals surface area contributed by atoms with Crippen molar-refractivity contribution in [2.45, 2.75) is 57.2 Å². The molecule has 2 fully saturated rings. The number of nitrogens with one attached hydrogen (secondary N) is 1. The number of nitrogens with two attached hydrogens (primary N) is 1. The van der Waals surface area contributed by atoms with Gasteiger partial charge >= 0.3 is 0 Å². The summed E-state index contributed by atoms with van der Waals surface area (Å²) >= 11 is 0. The summed E-state index contributed by atoms with van der Waals surface area (Å²) < 4.78 is 5.80. The molecule has 1 saturated heterocycles. The number of hydrogen-bond acceptors (Lipinski definition) is 4. The number of hydrogen-bond donors (Lipinski definition) is 2. The number of morpholine rings is 1. The molecule has 0 spiro atoms. The van der Waals surface area contributed by atoms with Crippen molar-refractivity contribution >= 4 is 5.91 Å². The Morgan fingerprint density at radius 2 is 2.37 bits per heavy atom. The molecule has 0 aromatic rings. The quantitative estimate of drug-likeness (QED) is 0.705. The second-order valence-corrected chi connectivity index (χ2v) is 5.64. The Labute approximate surface area is 115 Å². The number of primary amides is 1. The van der Waals surface area contributed by atoms with Crippen molar-refractivity contribution in [2.75, 3.05) is 26.2 Å². The SMILES string of the molecule is CCCNC(CCN1CCOC2CCCC21)C(N)=O. The normalized spacial score (nSPS) is 29.1. The van der Waals surface area contributed by atoms with Gasteiger partial charge in [-0.3, -0.25) is 9.69 Å². The minimum atomic E-state index is -0.232. The summed E-state index contributed by atoms with van der Waals surface area (Å²) in [5.41, 5.74) is 5.46. The molecule has 3 unspecified atom stereocenters. The first kappa shape index (κ1) is 14.8. The topological polar surface area (TPSA) is 67.6 Å². The van der Waals surface area contributed by atoms with Crippen LogP contribution in [0.3, 0.4) is 0 Å². The first-order valence-electron chi connectivity index (χ1n) is 7.60. The van der Waals surface area contributed by atoms with E-state index in [0.717, 1.165) is 39.1 Å². The average Bonchev–Trinajstić information content (AvgIpc) is 2.87. The van der Waals surface area contributed by atoms with Crippen LogP contribution in [0, 0.1) is 0 Å². The summed E-state index contributed by atoms with van der Waals surface area (Å²) in [6, 6.07) is 0.371. The summed E-state index contributed by atoms with van der Waals surface area (Å²) in [4.78, 5) is 13.9. The first-order valence-corrected chi connectivity index (χ1v) is 7.60. The lowest BCUT2D eigenvalue weighted by molar-refractivity contribution is -0.120. The molecule has 19 heavy (non-hydrogen) atoms. The number of carbonyl (C=O) groups is 1. The third kappa shape index (κ3) is 3.91. The monoisotopic (exact) mass is 269 g/mol. The molecule has 0 radical (unpaired) electrons. The van der Waals surface area contributed by atoms with Crippen LogP contribution < -0.4 is 11.1 Å². The van der Waals surface area contributed by atoms with Crippen molar-refractivity contribution < 1.29 is 9.53 Å². The highest BCUT2D eigenvalue weighted by Gasteiger charge is 2.35. The van der Waals surface area contributed by atoms with Gasteiger partial charge in [-0.25, -0.2) is 0 Å². The van der Waals surface area contributed by atoms with Gasteiger partial charge in [0.25, 0.3) is 0 Å². The third-order valence-electron chi connectivity index (χ3n) is 4.29. The Morgan fingerprint density at radius 3 is 3.11 bits per heavy atom. The molecule has 1 amide bonds. The van der Waals surface area contributed by atoms with E-state index < -0.39 is 0 Å². The van der Waals surface area contributed by atoms with Crippen LogP contribution in [0.1, 0.15) is 39.0 Å². The Morgan fingerprint density at radius 1 is 1.53 bits per heavy atom. The van der Waals surface area contributed by atoms with Crippen molar-refractivity contribution in [3.05, 3.63) is 0 Å². The van der Waals surface area contributed by atoms with Crippen LogP contribution in [-0.2, 0) is 9.53 Å². The minimum Gasteiger partial charge on any atom is -0.375 e. The zero-order chi connectivity index (χ0) is 13.7. The number of carbonyl (C=O) groups excluding carboxylic acids is 1. The second-order valence-electron chi connectivity index (χ2n) is 5.64.